The molecule has 0 unspecified atom stereocenters. The van der Waals surface area contributed by atoms with Crippen molar-refractivity contribution in [1.82, 2.24) is 14.9 Å². The number of piperidine rings is 1. The summed E-state index contributed by atoms with van der Waals surface area (Å²) in [5.74, 6) is 0.833. The van der Waals surface area contributed by atoms with Crippen molar-refractivity contribution in [3.63, 3.8) is 0 Å². The van der Waals surface area contributed by atoms with Crippen LogP contribution in [0.5, 0.6) is 0 Å². The molecule has 1 atom stereocenters. The standard InChI is InChI=1S/C20H18ClF3N4O/c21-14-8-7-13(20(22,23)24)10-17(14)27-19(29)28-9-3-4-12(11-28)18-25-15-5-1-2-6-16(15)26-18/h1-2,5-8,10,12H,3-4,9,11H2,(H,25,26)(H,27,29)/t12-/m1/s1. The molecular weight excluding hydrogens is 405 g/mol. The number of carbonyl (C=O) groups excluding carboxylic acids is 1. The van der Waals surface area contributed by atoms with Crippen LogP contribution >= 0.6 is 11.6 Å². The Hall–Kier alpha value is -2.74. The predicted molar refractivity (Wildman–Crippen MR) is 105 cm³/mol. The molecule has 0 spiro atoms. The Labute approximate surface area is 169 Å². The van der Waals surface area contributed by atoms with Crippen molar-refractivity contribution in [3.05, 3.63) is 58.9 Å². The Morgan fingerprint density at radius 3 is 2.79 bits per heavy atom. The molecule has 0 aliphatic carbocycles. The van der Waals surface area contributed by atoms with E-state index in [1.165, 1.54) is 0 Å². The van der Waals surface area contributed by atoms with E-state index in [1.54, 1.807) is 4.90 Å². The second-order valence-electron chi connectivity index (χ2n) is 7.05. The molecule has 4 rings (SSSR count). The minimum absolute atomic E-state index is 0.0267. The first-order valence-corrected chi connectivity index (χ1v) is 9.56. The van der Waals surface area contributed by atoms with Gasteiger partial charge < -0.3 is 15.2 Å². The Balaban J connectivity index is 1.49. The topological polar surface area (TPSA) is 61.0 Å². The largest absolute Gasteiger partial charge is 0.416 e. The molecule has 2 amide bonds. The SMILES string of the molecule is O=C(Nc1cc(C(F)(F)F)ccc1Cl)N1CCC[C@@H](c2nc3ccccc3[nH]2)C1. The highest BCUT2D eigenvalue weighted by Gasteiger charge is 2.32. The third-order valence-corrected chi connectivity index (χ3v) is 5.37. The van der Waals surface area contributed by atoms with Gasteiger partial charge in [0.1, 0.15) is 5.82 Å². The molecule has 29 heavy (non-hydrogen) atoms. The third kappa shape index (κ3) is 4.17. The van der Waals surface area contributed by atoms with Crippen molar-refractivity contribution < 1.29 is 18.0 Å². The van der Waals surface area contributed by atoms with Crippen molar-refractivity contribution in [2.24, 2.45) is 0 Å². The van der Waals surface area contributed by atoms with E-state index in [1.807, 2.05) is 24.3 Å². The summed E-state index contributed by atoms with van der Waals surface area (Å²) in [4.78, 5) is 22.2. The lowest BCUT2D eigenvalue weighted by atomic mass is 9.97. The van der Waals surface area contributed by atoms with Gasteiger partial charge in [-0.2, -0.15) is 13.2 Å². The van der Waals surface area contributed by atoms with E-state index in [-0.39, 0.29) is 16.6 Å². The number of amides is 2. The first-order chi connectivity index (χ1) is 13.8. The van der Waals surface area contributed by atoms with Crippen molar-refractivity contribution in [1.29, 1.82) is 0 Å². The fraction of sp³-hybridized carbons (Fsp3) is 0.300. The summed E-state index contributed by atoms with van der Waals surface area (Å²) in [7, 11) is 0. The summed E-state index contributed by atoms with van der Waals surface area (Å²) in [5, 5.41) is 2.57. The van der Waals surface area contributed by atoms with E-state index in [2.05, 4.69) is 15.3 Å². The van der Waals surface area contributed by atoms with E-state index in [0.717, 1.165) is 47.9 Å². The summed E-state index contributed by atoms with van der Waals surface area (Å²) >= 11 is 5.98. The second-order valence-corrected chi connectivity index (χ2v) is 7.45. The smallest absolute Gasteiger partial charge is 0.342 e. The monoisotopic (exact) mass is 422 g/mol. The van der Waals surface area contributed by atoms with Gasteiger partial charge in [-0.1, -0.05) is 23.7 Å². The van der Waals surface area contributed by atoms with Crippen molar-refractivity contribution in [2.75, 3.05) is 18.4 Å². The van der Waals surface area contributed by atoms with Gasteiger partial charge in [0, 0.05) is 19.0 Å². The molecule has 2 heterocycles. The van der Waals surface area contributed by atoms with Crippen molar-refractivity contribution in [3.8, 4) is 0 Å². The van der Waals surface area contributed by atoms with Crippen LogP contribution in [0.2, 0.25) is 5.02 Å². The van der Waals surface area contributed by atoms with Crippen molar-refractivity contribution in [2.45, 2.75) is 24.9 Å². The van der Waals surface area contributed by atoms with E-state index < -0.39 is 17.8 Å². The Morgan fingerprint density at radius 1 is 1.24 bits per heavy atom. The van der Waals surface area contributed by atoms with Gasteiger partial charge in [-0.25, -0.2) is 9.78 Å². The molecule has 2 N–H and O–H groups in total. The zero-order valence-corrected chi connectivity index (χ0v) is 16.0. The van der Waals surface area contributed by atoms with E-state index in [9.17, 15) is 18.0 Å². The van der Waals surface area contributed by atoms with Gasteiger partial charge in [0.2, 0.25) is 0 Å². The number of benzene rings is 2. The van der Waals surface area contributed by atoms with Gasteiger partial charge in [0.25, 0.3) is 0 Å². The van der Waals surface area contributed by atoms with E-state index >= 15 is 0 Å². The molecule has 1 fully saturated rings. The molecule has 1 aromatic heterocycles. The fourth-order valence-corrected chi connectivity index (χ4v) is 3.71. The highest BCUT2D eigenvalue weighted by atomic mass is 35.5. The normalized spacial score (nSPS) is 17.5. The molecular formula is C20H18ClF3N4O. The first kappa shape index (κ1) is 19.6. The van der Waals surface area contributed by atoms with Gasteiger partial charge in [-0.15, -0.1) is 0 Å². The summed E-state index contributed by atoms with van der Waals surface area (Å²) in [6.07, 6.45) is -2.87. The zero-order chi connectivity index (χ0) is 20.6. The molecule has 3 aromatic rings. The number of carbonyl (C=O) groups is 1. The number of halogens is 4. The average Bonchev–Trinajstić information content (AvgIpc) is 3.13. The molecule has 1 saturated heterocycles. The molecule has 1 aliphatic heterocycles. The summed E-state index contributed by atoms with van der Waals surface area (Å²) in [6, 6.07) is 10.1. The fourth-order valence-electron chi connectivity index (χ4n) is 3.54. The molecule has 5 nitrogen and oxygen atoms in total. The van der Waals surface area contributed by atoms with E-state index in [4.69, 9.17) is 11.6 Å². The van der Waals surface area contributed by atoms with Crippen LogP contribution in [-0.4, -0.2) is 34.0 Å². The lowest BCUT2D eigenvalue weighted by Crippen LogP contribution is -2.41. The maximum Gasteiger partial charge on any atom is 0.416 e. The van der Waals surface area contributed by atoms with Gasteiger partial charge in [-0.05, 0) is 43.2 Å². The lowest BCUT2D eigenvalue weighted by molar-refractivity contribution is -0.137. The van der Waals surface area contributed by atoms with Gasteiger partial charge >= 0.3 is 12.2 Å². The van der Waals surface area contributed by atoms with Crippen LogP contribution in [0.3, 0.4) is 0 Å². The number of anilines is 1. The van der Waals surface area contributed by atoms with Gasteiger partial charge in [-0.3, -0.25) is 0 Å². The number of hydrogen-bond acceptors (Lipinski definition) is 2. The zero-order valence-electron chi connectivity index (χ0n) is 15.3. The Kier molecular flexibility index (Phi) is 5.12. The Bertz CT molecular complexity index is 1020. The number of hydrogen-bond donors (Lipinski definition) is 2. The number of aromatic nitrogens is 2. The summed E-state index contributed by atoms with van der Waals surface area (Å²) < 4.78 is 38.8. The third-order valence-electron chi connectivity index (χ3n) is 5.04. The molecule has 152 valence electrons. The van der Waals surface area contributed by atoms with Crippen LogP contribution in [0.4, 0.5) is 23.7 Å². The predicted octanol–water partition coefficient (Wildman–Crippen LogP) is 5.65. The first-order valence-electron chi connectivity index (χ1n) is 9.18. The maximum absolute atomic E-state index is 12.9. The van der Waals surface area contributed by atoms with Crippen LogP contribution in [0.15, 0.2) is 42.5 Å². The molecule has 0 bridgehead atoms. The van der Waals surface area contributed by atoms with Crippen molar-refractivity contribution >= 4 is 34.4 Å². The van der Waals surface area contributed by atoms with Gasteiger partial charge in [0.05, 0.1) is 27.3 Å². The van der Waals surface area contributed by atoms with Crippen LogP contribution in [-0.2, 0) is 6.18 Å². The molecule has 9 heteroatoms. The number of aromatic amines is 1. The maximum atomic E-state index is 12.9. The molecule has 2 aromatic carbocycles. The quantitative estimate of drug-likeness (QED) is 0.561. The molecule has 1 aliphatic rings. The number of fused-ring (bicyclic) bond motifs is 1. The number of rotatable bonds is 2. The van der Waals surface area contributed by atoms with Gasteiger partial charge in [0.15, 0.2) is 0 Å². The molecule has 0 saturated carbocycles. The Morgan fingerprint density at radius 2 is 2.03 bits per heavy atom. The number of likely N-dealkylation sites (tertiary alicyclic amines) is 1. The number of para-hydroxylation sites is 2. The van der Waals surface area contributed by atoms with Crippen LogP contribution < -0.4 is 5.32 Å². The number of alkyl halides is 3. The number of urea groups is 1. The summed E-state index contributed by atoms with van der Waals surface area (Å²) in [5.41, 5.74) is 0.869. The molecule has 0 radical (unpaired) electrons. The number of imidazole rings is 1. The number of nitrogens with one attached hydrogen (secondary N) is 2. The van der Waals surface area contributed by atoms with Crippen LogP contribution in [0.1, 0.15) is 30.1 Å². The minimum atomic E-state index is -4.51. The number of nitrogens with zero attached hydrogens (tertiary/aromatic N) is 2. The number of H-pyrrole nitrogens is 1. The highest BCUT2D eigenvalue weighted by molar-refractivity contribution is 6.33. The highest BCUT2D eigenvalue weighted by Crippen LogP contribution is 2.34. The average molecular weight is 423 g/mol. The van der Waals surface area contributed by atoms with Crippen LogP contribution in [0, 0.1) is 0 Å². The van der Waals surface area contributed by atoms with E-state index in [0.29, 0.717) is 13.1 Å². The lowest BCUT2D eigenvalue weighted by Gasteiger charge is -2.32. The summed E-state index contributed by atoms with van der Waals surface area (Å²) in [6.45, 7) is 0.932. The second kappa shape index (κ2) is 7.59. The van der Waals surface area contributed by atoms with Crippen LogP contribution in [0.25, 0.3) is 11.0 Å². The minimum Gasteiger partial charge on any atom is -0.342 e.